The fourth-order valence-electron chi connectivity index (χ4n) is 3.16. The van der Waals surface area contributed by atoms with E-state index in [1.165, 1.54) is 0 Å². The second kappa shape index (κ2) is 6.81. The summed E-state index contributed by atoms with van der Waals surface area (Å²) in [4.78, 5) is 11.4. The molecule has 3 aromatic carbocycles. The zero-order valence-corrected chi connectivity index (χ0v) is 15.1. The fourth-order valence-corrected chi connectivity index (χ4v) is 3.40. The van der Waals surface area contributed by atoms with E-state index in [0.29, 0.717) is 16.0 Å². The highest BCUT2D eigenvalue weighted by Gasteiger charge is 2.25. The first-order valence-corrected chi connectivity index (χ1v) is 8.39. The van der Waals surface area contributed by atoms with Crippen LogP contribution >= 0.6 is 11.6 Å². The van der Waals surface area contributed by atoms with Crippen LogP contribution in [0.25, 0.3) is 22.3 Å². The fraction of sp³-hybridized carbons (Fsp3) is 0. The molecule has 0 N–H and O–H groups in total. The van der Waals surface area contributed by atoms with Crippen molar-refractivity contribution in [1.82, 2.24) is 0 Å². The third-order valence-corrected chi connectivity index (χ3v) is 5.20. The molecule has 0 aromatic heterocycles. The SMILES string of the molecule is Bc1c(B)c([N+](=O)[O-])c(-c2cccc(-c3ccccc3)c2)c(B)c1Cl. The van der Waals surface area contributed by atoms with E-state index in [4.69, 9.17) is 11.6 Å². The highest BCUT2D eigenvalue weighted by atomic mass is 35.5. The lowest BCUT2D eigenvalue weighted by molar-refractivity contribution is -0.382. The molecule has 3 nitrogen and oxygen atoms in total. The molecule has 0 heterocycles. The van der Waals surface area contributed by atoms with Crippen LogP contribution in [-0.2, 0) is 0 Å². The quantitative estimate of drug-likeness (QED) is 0.391. The molecule has 0 saturated heterocycles. The van der Waals surface area contributed by atoms with Gasteiger partial charge in [-0.1, -0.05) is 71.1 Å². The van der Waals surface area contributed by atoms with Gasteiger partial charge in [0.1, 0.15) is 23.5 Å². The number of hydrogen-bond acceptors (Lipinski definition) is 2. The van der Waals surface area contributed by atoms with Gasteiger partial charge in [-0.3, -0.25) is 10.1 Å². The Bertz CT molecular complexity index is 978. The standard InChI is InChI=1S/C18H15B3ClNO2/c19-14-13(18(23(24)25)16(21)15(20)17(14)22)12-8-4-7-11(9-12)10-5-2-1-3-6-10/h1-9H,19-21H2. The molecule has 0 aliphatic heterocycles. The number of rotatable bonds is 3. The molecule has 0 fully saturated rings. The lowest BCUT2D eigenvalue weighted by atomic mass is 9.72. The average Bonchev–Trinajstić information content (AvgIpc) is 2.63. The summed E-state index contributed by atoms with van der Waals surface area (Å²) in [5.74, 6) is 0. The monoisotopic (exact) mass is 345 g/mol. The zero-order chi connectivity index (χ0) is 18.1. The Hall–Kier alpha value is -2.46. The van der Waals surface area contributed by atoms with E-state index in [2.05, 4.69) is 0 Å². The third kappa shape index (κ3) is 3.10. The number of benzene rings is 3. The molecule has 120 valence electrons. The Morgan fingerprint density at radius 3 is 2.04 bits per heavy atom. The van der Waals surface area contributed by atoms with Crippen LogP contribution < -0.4 is 16.4 Å². The van der Waals surface area contributed by atoms with Crippen LogP contribution in [0, 0.1) is 10.1 Å². The van der Waals surface area contributed by atoms with Gasteiger partial charge in [0, 0.05) is 5.02 Å². The maximum atomic E-state index is 11.7. The molecular weight excluding hydrogens is 330 g/mol. The molecule has 0 aliphatic carbocycles. The Kier molecular flexibility index (Phi) is 4.73. The Labute approximate surface area is 154 Å². The van der Waals surface area contributed by atoms with Crippen LogP contribution in [0.2, 0.25) is 5.02 Å². The molecule has 25 heavy (non-hydrogen) atoms. The van der Waals surface area contributed by atoms with Gasteiger partial charge in [-0.05, 0) is 28.2 Å². The molecular formula is C18H15B3ClNO2. The molecule has 7 heteroatoms. The van der Waals surface area contributed by atoms with Crippen molar-refractivity contribution in [2.45, 2.75) is 0 Å². The summed E-state index contributed by atoms with van der Waals surface area (Å²) in [7, 11) is 5.41. The summed E-state index contributed by atoms with van der Waals surface area (Å²) in [6, 6.07) is 17.8. The highest BCUT2D eigenvalue weighted by molar-refractivity contribution is 6.61. The van der Waals surface area contributed by atoms with E-state index in [0.717, 1.165) is 27.6 Å². The van der Waals surface area contributed by atoms with Crippen LogP contribution in [0.1, 0.15) is 0 Å². The Morgan fingerprint density at radius 1 is 0.800 bits per heavy atom. The van der Waals surface area contributed by atoms with E-state index in [9.17, 15) is 10.1 Å². The lowest BCUT2D eigenvalue weighted by Gasteiger charge is -2.16. The van der Waals surface area contributed by atoms with Crippen LogP contribution in [-0.4, -0.2) is 28.5 Å². The second-order valence-electron chi connectivity index (χ2n) is 6.12. The minimum atomic E-state index is -0.309. The van der Waals surface area contributed by atoms with Gasteiger partial charge in [0.25, 0.3) is 5.69 Å². The van der Waals surface area contributed by atoms with Crippen molar-refractivity contribution in [2.75, 3.05) is 0 Å². The Balaban J connectivity index is 2.29. The lowest BCUT2D eigenvalue weighted by Crippen LogP contribution is -2.35. The molecule has 0 spiro atoms. The molecule has 0 bridgehead atoms. The molecule has 0 unspecified atom stereocenters. The first kappa shape index (κ1) is 17.4. The number of nitro groups is 1. The third-order valence-electron chi connectivity index (χ3n) is 4.63. The first-order valence-electron chi connectivity index (χ1n) is 8.01. The summed E-state index contributed by atoms with van der Waals surface area (Å²) in [6.45, 7) is 0. The van der Waals surface area contributed by atoms with Gasteiger partial charge in [-0.2, -0.15) is 0 Å². The number of nitrogens with zero attached hydrogens (tertiary/aromatic N) is 1. The molecule has 0 saturated carbocycles. The van der Waals surface area contributed by atoms with Crippen LogP contribution in [0.15, 0.2) is 54.6 Å². The van der Waals surface area contributed by atoms with Crippen molar-refractivity contribution >= 4 is 57.2 Å². The van der Waals surface area contributed by atoms with Crippen molar-refractivity contribution in [3.05, 3.63) is 69.7 Å². The van der Waals surface area contributed by atoms with Gasteiger partial charge in [0.05, 0.1) is 10.5 Å². The van der Waals surface area contributed by atoms with E-state index < -0.39 is 0 Å². The van der Waals surface area contributed by atoms with Gasteiger partial charge in [0.2, 0.25) is 0 Å². The smallest absolute Gasteiger partial charge is 0.258 e. The van der Waals surface area contributed by atoms with Crippen LogP contribution in [0.4, 0.5) is 5.69 Å². The molecule has 0 atom stereocenters. The summed E-state index contributed by atoms with van der Waals surface area (Å²) in [5, 5.41) is 12.3. The van der Waals surface area contributed by atoms with Gasteiger partial charge in [-0.25, -0.2) is 0 Å². The summed E-state index contributed by atoms with van der Waals surface area (Å²) in [6.07, 6.45) is 0. The molecule has 3 aromatic rings. The van der Waals surface area contributed by atoms with Crippen molar-refractivity contribution in [3.8, 4) is 22.3 Å². The van der Waals surface area contributed by atoms with E-state index in [1.807, 2.05) is 70.3 Å². The summed E-state index contributed by atoms with van der Waals surface area (Å²) < 4.78 is 0. The van der Waals surface area contributed by atoms with Gasteiger partial charge in [0.15, 0.2) is 0 Å². The van der Waals surface area contributed by atoms with Gasteiger partial charge in [-0.15, -0.1) is 0 Å². The van der Waals surface area contributed by atoms with Gasteiger partial charge >= 0.3 is 0 Å². The highest BCUT2D eigenvalue weighted by Crippen LogP contribution is 2.31. The van der Waals surface area contributed by atoms with Crippen LogP contribution in [0.5, 0.6) is 0 Å². The van der Waals surface area contributed by atoms with Crippen LogP contribution in [0.3, 0.4) is 0 Å². The zero-order valence-electron chi connectivity index (χ0n) is 14.3. The number of nitro benzene ring substituents is 1. The average molecular weight is 345 g/mol. The van der Waals surface area contributed by atoms with Gasteiger partial charge < -0.3 is 0 Å². The topological polar surface area (TPSA) is 43.1 Å². The maximum Gasteiger partial charge on any atom is 0.269 e. The van der Waals surface area contributed by atoms with E-state index >= 15 is 0 Å². The van der Waals surface area contributed by atoms with Crippen molar-refractivity contribution in [3.63, 3.8) is 0 Å². The molecule has 3 rings (SSSR count). The van der Waals surface area contributed by atoms with E-state index in [1.54, 1.807) is 7.85 Å². The van der Waals surface area contributed by atoms with E-state index in [-0.39, 0.29) is 10.6 Å². The normalized spacial score (nSPS) is 10.6. The first-order chi connectivity index (χ1) is 11.9. The largest absolute Gasteiger partial charge is 0.269 e. The van der Waals surface area contributed by atoms with Crippen molar-refractivity contribution in [2.24, 2.45) is 0 Å². The predicted octanol–water partition coefficient (Wildman–Crippen LogP) is 0.357. The minimum Gasteiger partial charge on any atom is -0.258 e. The van der Waals surface area contributed by atoms with Crippen molar-refractivity contribution in [1.29, 1.82) is 0 Å². The summed E-state index contributed by atoms with van der Waals surface area (Å²) >= 11 is 6.45. The van der Waals surface area contributed by atoms with Crippen molar-refractivity contribution < 1.29 is 4.92 Å². The Morgan fingerprint density at radius 2 is 1.40 bits per heavy atom. The molecule has 0 aliphatic rings. The maximum absolute atomic E-state index is 11.7. The number of hydrogen-bond donors (Lipinski definition) is 0. The molecule has 0 radical (unpaired) electrons. The molecule has 0 amide bonds. The predicted molar refractivity (Wildman–Crippen MR) is 114 cm³/mol. The second-order valence-corrected chi connectivity index (χ2v) is 6.49. The minimum absolute atomic E-state index is 0.129. The number of halogens is 1. The summed E-state index contributed by atoms with van der Waals surface area (Å²) in [5.41, 5.74) is 5.72.